The maximum absolute atomic E-state index is 6.46. The minimum atomic E-state index is -0.171. The van der Waals surface area contributed by atoms with Gasteiger partial charge in [-0.3, -0.25) is 0 Å². The molecule has 1 aliphatic heterocycles. The molecule has 1 unspecified atom stereocenters. The number of fused-ring (bicyclic) bond motifs is 1. The Kier molecular flexibility index (Phi) is 3.04. The predicted octanol–water partition coefficient (Wildman–Crippen LogP) is 2.58. The van der Waals surface area contributed by atoms with Crippen molar-refractivity contribution >= 4 is 0 Å². The van der Waals surface area contributed by atoms with Crippen molar-refractivity contribution in [2.45, 2.75) is 43.7 Å². The van der Waals surface area contributed by atoms with E-state index >= 15 is 0 Å². The van der Waals surface area contributed by atoms with Gasteiger partial charge in [0.15, 0.2) is 0 Å². The molecule has 1 heterocycles. The van der Waals surface area contributed by atoms with Gasteiger partial charge >= 0.3 is 0 Å². The van der Waals surface area contributed by atoms with Gasteiger partial charge in [0.05, 0.1) is 18.2 Å². The lowest BCUT2D eigenvalue weighted by Crippen LogP contribution is -2.48. The molecule has 0 radical (unpaired) electrons. The van der Waals surface area contributed by atoms with Crippen molar-refractivity contribution in [1.82, 2.24) is 0 Å². The number of para-hydroxylation sites is 1. The maximum Gasteiger partial charge on any atom is 0.127 e. The number of rotatable bonds is 3. The first-order valence-corrected chi connectivity index (χ1v) is 6.82. The topological polar surface area (TPSA) is 44.5 Å². The monoisotopic (exact) mass is 247 g/mol. The van der Waals surface area contributed by atoms with E-state index in [0.29, 0.717) is 0 Å². The summed E-state index contributed by atoms with van der Waals surface area (Å²) >= 11 is 0. The van der Waals surface area contributed by atoms with E-state index in [2.05, 4.69) is 18.2 Å². The van der Waals surface area contributed by atoms with Crippen LogP contribution in [-0.2, 0) is 11.2 Å². The van der Waals surface area contributed by atoms with Crippen molar-refractivity contribution in [3.63, 3.8) is 0 Å². The molecular weight excluding hydrogens is 226 g/mol. The molecule has 0 saturated heterocycles. The van der Waals surface area contributed by atoms with Gasteiger partial charge in [-0.05, 0) is 37.7 Å². The van der Waals surface area contributed by atoms with Crippen molar-refractivity contribution < 1.29 is 9.47 Å². The van der Waals surface area contributed by atoms with Crippen LogP contribution < -0.4 is 10.5 Å². The molecule has 1 saturated carbocycles. The number of hydrogen-bond donors (Lipinski definition) is 1. The second-order valence-corrected chi connectivity index (χ2v) is 5.39. The first-order chi connectivity index (χ1) is 8.77. The average Bonchev–Trinajstić information content (AvgIpc) is 2.37. The molecule has 0 aromatic heterocycles. The van der Waals surface area contributed by atoms with Crippen molar-refractivity contribution in [3.8, 4) is 5.75 Å². The van der Waals surface area contributed by atoms with Gasteiger partial charge in [0.1, 0.15) is 5.75 Å². The molecule has 3 heteroatoms. The number of nitrogens with two attached hydrogens (primary N) is 1. The number of aryl methyl sites for hydroxylation is 1. The first-order valence-electron chi connectivity index (χ1n) is 6.82. The molecule has 3 nitrogen and oxygen atoms in total. The molecule has 0 bridgehead atoms. The Hall–Kier alpha value is -1.06. The van der Waals surface area contributed by atoms with Gasteiger partial charge in [0.25, 0.3) is 0 Å². The molecule has 0 spiro atoms. The van der Waals surface area contributed by atoms with E-state index in [1.165, 1.54) is 12.0 Å². The fourth-order valence-corrected chi connectivity index (χ4v) is 3.11. The van der Waals surface area contributed by atoms with Crippen molar-refractivity contribution in [2.24, 2.45) is 5.73 Å². The van der Waals surface area contributed by atoms with Crippen LogP contribution >= 0.6 is 0 Å². The van der Waals surface area contributed by atoms with Crippen LogP contribution in [0, 0.1) is 0 Å². The largest absolute Gasteiger partial charge is 0.493 e. The lowest BCUT2D eigenvalue weighted by Gasteiger charge is -2.45. The van der Waals surface area contributed by atoms with E-state index in [1.54, 1.807) is 7.11 Å². The van der Waals surface area contributed by atoms with Gasteiger partial charge in [0.2, 0.25) is 0 Å². The van der Waals surface area contributed by atoms with Crippen molar-refractivity contribution in [2.75, 3.05) is 13.7 Å². The highest BCUT2D eigenvalue weighted by atomic mass is 16.5. The highest BCUT2D eigenvalue weighted by Crippen LogP contribution is 2.46. The fourth-order valence-electron chi connectivity index (χ4n) is 3.11. The molecule has 2 aliphatic rings. The molecule has 3 rings (SSSR count). The Morgan fingerprint density at radius 1 is 1.33 bits per heavy atom. The molecular formula is C15H21NO2. The summed E-state index contributed by atoms with van der Waals surface area (Å²) < 4.78 is 11.5. The fraction of sp³-hybridized carbons (Fsp3) is 0.600. The number of hydrogen-bond acceptors (Lipinski definition) is 3. The number of benzene rings is 1. The summed E-state index contributed by atoms with van der Waals surface area (Å²) in [5.74, 6) is 1.01. The molecule has 1 aromatic rings. The number of ether oxygens (including phenoxy) is 2. The van der Waals surface area contributed by atoms with Gasteiger partial charge < -0.3 is 15.2 Å². The zero-order valence-corrected chi connectivity index (χ0v) is 10.9. The quantitative estimate of drug-likeness (QED) is 0.893. The average molecular weight is 247 g/mol. The summed E-state index contributed by atoms with van der Waals surface area (Å²) in [5, 5.41) is 0. The molecule has 2 N–H and O–H groups in total. The van der Waals surface area contributed by atoms with Gasteiger partial charge in [-0.25, -0.2) is 0 Å². The third-order valence-corrected chi connectivity index (χ3v) is 4.47. The lowest BCUT2D eigenvalue weighted by atomic mass is 9.72. The Balaban J connectivity index is 1.96. The summed E-state index contributed by atoms with van der Waals surface area (Å²) in [4.78, 5) is 0. The second kappa shape index (κ2) is 4.56. The van der Waals surface area contributed by atoms with Crippen molar-refractivity contribution in [1.29, 1.82) is 0 Å². The van der Waals surface area contributed by atoms with Crippen LogP contribution in [0.2, 0.25) is 0 Å². The summed E-state index contributed by atoms with van der Waals surface area (Å²) in [6, 6.07) is 6.24. The van der Waals surface area contributed by atoms with E-state index in [4.69, 9.17) is 15.2 Å². The molecule has 18 heavy (non-hydrogen) atoms. The smallest absolute Gasteiger partial charge is 0.127 e. The zero-order chi connectivity index (χ0) is 12.6. The van der Waals surface area contributed by atoms with Crippen LogP contribution in [0.25, 0.3) is 0 Å². The molecule has 1 fully saturated rings. The van der Waals surface area contributed by atoms with Crippen LogP contribution in [-0.4, -0.2) is 19.3 Å². The standard InChI is InChI=1S/C15H21NO2/c1-17-15(8-4-9-15)14(16)12-7-2-5-11-6-3-10-18-13(11)12/h2,5,7,14H,3-4,6,8-10,16H2,1H3. The van der Waals surface area contributed by atoms with E-state index in [0.717, 1.165) is 43.6 Å². The number of methoxy groups -OCH3 is 1. The SMILES string of the molecule is COC1(C(N)c2cccc3c2OCCC3)CCC1. The highest BCUT2D eigenvalue weighted by molar-refractivity contribution is 5.45. The van der Waals surface area contributed by atoms with Crippen LogP contribution in [0.5, 0.6) is 5.75 Å². The van der Waals surface area contributed by atoms with Gasteiger partial charge in [0, 0.05) is 12.7 Å². The Morgan fingerprint density at radius 2 is 2.17 bits per heavy atom. The minimum absolute atomic E-state index is 0.0794. The predicted molar refractivity (Wildman–Crippen MR) is 70.8 cm³/mol. The summed E-state index contributed by atoms with van der Waals surface area (Å²) in [5.41, 5.74) is 8.70. The van der Waals surface area contributed by atoms with Crippen LogP contribution in [0.3, 0.4) is 0 Å². The van der Waals surface area contributed by atoms with E-state index in [-0.39, 0.29) is 11.6 Å². The van der Waals surface area contributed by atoms with E-state index < -0.39 is 0 Å². The van der Waals surface area contributed by atoms with E-state index in [1.807, 2.05) is 0 Å². The van der Waals surface area contributed by atoms with E-state index in [9.17, 15) is 0 Å². The molecule has 98 valence electrons. The van der Waals surface area contributed by atoms with Gasteiger partial charge in [-0.2, -0.15) is 0 Å². The molecule has 1 atom stereocenters. The Morgan fingerprint density at radius 3 is 2.83 bits per heavy atom. The van der Waals surface area contributed by atoms with Crippen LogP contribution in [0.4, 0.5) is 0 Å². The lowest BCUT2D eigenvalue weighted by molar-refractivity contribution is -0.0916. The zero-order valence-electron chi connectivity index (χ0n) is 10.9. The second-order valence-electron chi connectivity index (χ2n) is 5.39. The third-order valence-electron chi connectivity index (χ3n) is 4.47. The normalized spacial score (nSPS) is 22.6. The minimum Gasteiger partial charge on any atom is -0.493 e. The molecule has 1 aromatic carbocycles. The van der Waals surface area contributed by atoms with Crippen molar-refractivity contribution in [3.05, 3.63) is 29.3 Å². The van der Waals surface area contributed by atoms with Gasteiger partial charge in [-0.1, -0.05) is 18.2 Å². The van der Waals surface area contributed by atoms with Gasteiger partial charge in [-0.15, -0.1) is 0 Å². The first kappa shape index (κ1) is 12.0. The summed E-state index contributed by atoms with van der Waals surface area (Å²) in [6.07, 6.45) is 5.50. The molecule has 1 aliphatic carbocycles. The summed E-state index contributed by atoms with van der Waals surface area (Å²) in [6.45, 7) is 0.802. The molecule has 0 amide bonds. The Labute approximate surface area is 108 Å². The maximum atomic E-state index is 6.46. The third kappa shape index (κ3) is 1.73. The van der Waals surface area contributed by atoms with Crippen LogP contribution in [0.1, 0.15) is 42.9 Å². The van der Waals surface area contributed by atoms with Crippen LogP contribution in [0.15, 0.2) is 18.2 Å². The highest BCUT2D eigenvalue weighted by Gasteiger charge is 2.44. The Bertz CT molecular complexity index is 435. The summed E-state index contributed by atoms with van der Waals surface area (Å²) in [7, 11) is 1.77.